The average molecular weight is 282 g/mol. The van der Waals surface area contributed by atoms with Crippen LogP contribution in [0.2, 0.25) is 5.02 Å². The Morgan fingerprint density at radius 2 is 2.21 bits per heavy atom. The number of aromatic nitrogens is 2. The van der Waals surface area contributed by atoms with E-state index >= 15 is 0 Å². The van der Waals surface area contributed by atoms with Gasteiger partial charge in [0.15, 0.2) is 0 Å². The first-order chi connectivity index (χ1) is 9.01. The molecule has 1 heterocycles. The van der Waals surface area contributed by atoms with Gasteiger partial charge < -0.3 is 5.32 Å². The van der Waals surface area contributed by atoms with Crippen LogP contribution in [0.4, 0.5) is 10.1 Å². The molecular formula is C14H17ClFN3. The summed E-state index contributed by atoms with van der Waals surface area (Å²) in [4.78, 5) is 0. The standard InChI is InChI=1S/C14H17ClFN3/c1-4-13-14(8-19(3)18-13)17-9(2)11-6-5-10(16)7-12(11)15/h5-9,17H,4H2,1-3H3. The van der Waals surface area contributed by atoms with Gasteiger partial charge in [0.25, 0.3) is 0 Å². The van der Waals surface area contributed by atoms with E-state index in [1.165, 1.54) is 12.1 Å². The molecule has 1 aromatic carbocycles. The maximum atomic E-state index is 13.0. The van der Waals surface area contributed by atoms with E-state index in [0.717, 1.165) is 23.4 Å². The fourth-order valence-corrected chi connectivity index (χ4v) is 2.41. The molecule has 1 atom stereocenters. The van der Waals surface area contributed by atoms with Gasteiger partial charge in [-0.25, -0.2) is 4.39 Å². The van der Waals surface area contributed by atoms with Crippen LogP contribution in [0.3, 0.4) is 0 Å². The number of anilines is 1. The van der Waals surface area contributed by atoms with E-state index in [0.29, 0.717) is 5.02 Å². The van der Waals surface area contributed by atoms with Crippen molar-refractivity contribution in [3.8, 4) is 0 Å². The van der Waals surface area contributed by atoms with Gasteiger partial charge >= 0.3 is 0 Å². The maximum Gasteiger partial charge on any atom is 0.124 e. The molecule has 1 N–H and O–H groups in total. The minimum Gasteiger partial charge on any atom is -0.376 e. The number of aryl methyl sites for hydroxylation is 2. The third-order valence-corrected chi connectivity index (χ3v) is 3.37. The molecule has 0 aliphatic carbocycles. The first-order valence-corrected chi connectivity index (χ1v) is 6.63. The Bertz CT molecular complexity index is 580. The Morgan fingerprint density at radius 3 is 2.84 bits per heavy atom. The molecule has 3 nitrogen and oxygen atoms in total. The SMILES string of the molecule is CCc1nn(C)cc1NC(C)c1ccc(F)cc1Cl. The van der Waals surface area contributed by atoms with Crippen molar-refractivity contribution < 1.29 is 4.39 Å². The van der Waals surface area contributed by atoms with Crippen LogP contribution in [0.25, 0.3) is 0 Å². The van der Waals surface area contributed by atoms with Crippen LogP contribution in [0, 0.1) is 5.82 Å². The average Bonchev–Trinajstić information content (AvgIpc) is 2.69. The molecule has 2 aromatic rings. The third-order valence-electron chi connectivity index (χ3n) is 3.04. The van der Waals surface area contributed by atoms with E-state index < -0.39 is 0 Å². The predicted molar refractivity (Wildman–Crippen MR) is 76.0 cm³/mol. The Morgan fingerprint density at radius 1 is 1.47 bits per heavy atom. The molecule has 2 rings (SSSR count). The van der Waals surface area contributed by atoms with Crippen molar-refractivity contribution in [2.24, 2.45) is 7.05 Å². The normalized spacial score (nSPS) is 12.5. The number of hydrogen-bond acceptors (Lipinski definition) is 2. The zero-order valence-corrected chi connectivity index (χ0v) is 12.0. The summed E-state index contributed by atoms with van der Waals surface area (Å²) in [6.45, 7) is 4.05. The van der Waals surface area contributed by atoms with Gasteiger partial charge in [0.2, 0.25) is 0 Å². The highest BCUT2D eigenvalue weighted by Gasteiger charge is 2.13. The van der Waals surface area contributed by atoms with Crippen molar-refractivity contribution >= 4 is 17.3 Å². The van der Waals surface area contributed by atoms with Crippen molar-refractivity contribution in [3.63, 3.8) is 0 Å². The highest BCUT2D eigenvalue weighted by atomic mass is 35.5. The van der Waals surface area contributed by atoms with E-state index in [-0.39, 0.29) is 11.9 Å². The van der Waals surface area contributed by atoms with Crippen molar-refractivity contribution in [2.75, 3.05) is 5.32 Å². The van der Waals surface area contributed by atoms with Gasteiger partial charge in [-0.2, -0.15) is 5.10 Å². The van der Waals surface area contributed by atoms with Crippen LogP contribution in [0.1, 0.15) is 31.1 Å². The topological polar surface area (TPSA) is 29.9 Å². The molecule has 0 radical (unpaired) electrons. The van der Waals surface area contributed by atoms with Crippen molar-refractivity contribution in [3.05, 3.63) is 46.5 Å². The summed E-state index contributed by atoms with van der Waals surface area (Å²) in [5, 5.41) is 8.17. The van der Waals surface area contributed by atoms with Crippen LogP contribution in [0.15, 0.2) is 24.4 Å². The van der Waals surface area contributed by atoms with Gasteiger partial charge in [0.1, 0.15) is 5.82 Å². The molecule has 0 aliphatic rings. The van der Waals surface area contributed by atoms with Gasteiger partial charge in [0, 0.05) is 18.3 Å². The Kier molecular flexibility index (Phi) is 4.10. The Balaban J connectivity index is 2.22. The Labute approximate surface area is 117 Å². The van der Waals surface area contributed by atoms with Gasteiger partial charge in [-0.1, -0.05) is 24.6 Å². The monoisotopic (exact) mass is 281 g/mol. The summed E-state index contributed by atoms with van der Waals surface area (Å²) in [6.07, 6.45) is 2.79. The summed E-state index contributed by atoms with van der Waals surface area (Å²) in [5.41, 5.74) is 2.86. The van der Waals surface area contributed by atoms with E-state index in [9.17, 15) is 4.39 Å². The molecule has 0 aliphatic heterocycles. The smallest absolute Gasteiger partial charge is 0.124 e. The summed E-state index contributed by atoms with van der Waals surface area (Å²) in [6, 6.07) is 4.45. The number of rotatable bonds is 4. The lowest BCUT2D eigenvalue weighted by Crippen LogP contribution is -2.08. The fraction of sp³-hybridized carbons (Fsp3) is 0.357. The third kappa shape index (κ3) is 3.07. The van der Waals surface area contributed by atoms with Crippen LogP contribution < -0.4 is 5.32 Å². The number of benzene rings is 1. The molecular weight excluding hydrogens is 265 g/mol. The summed E-state index contributed by atoms with van der Waals surface area (Å²) in [7, 11) is 1.89. The number of halogens is 2. The van der Waals surface area contributed by atoms with Crippen LogP contribution in [0.5, 0.6) is 0 Å². The van der Waals surface area contributed by atoms with Crippen LogP contribution >= 0.6 is 11.6 Å². The summed E-state index contributed by atoms with van der Waals surface area (Å²) in [5.74, 6) is -0.323. The van der Waals surface area contributed by atoms with Crippen LogP contribution in [-0.4, -0.2) is 9.78 Å². The van der Waals surface area contributed by atoms with Gasteiger partial charge in [-0.05, 0) is 31.0 Å². The molecule has 0 bridgehead atoms. The molecule has 0 fully saturated rings. The molecule has 0 spiro atoms. The number of hydrogen-bond donors (Lipinski definition) is 1. The minimum absolute atomic E-state index is 0.0115. The van der Waals surface area contributed by atoms with Crippen LogP contribution in [-0.2, 0) is 13.5 Å². The highest BCUT2D eigenvalue weighted by Crippen LogP contribution is 2.27. The summed E-state index contributed by atoms with van der Waals surface area (Å²) >= 11 is 6.07. The lowest BCUT2D eigenvalue weighted by molar-refractivity contribution is 0.626. The summed E-state index contributed by atoms with van der Waals surface area (Å²) < 4.78 is 14.8. The second-order valence-corrected chi connectivity index (χ2v) is 4.96. The lowest BCUT2D eigenvalue weighted by Gasteiger charge is -2.16. The quantitative estimate of drug-likeness (QED) is 0.920. The maximum absolute atomic E-state index is 13.0. The number of nitrogens with one attached hydrogen (secondary N) is 1. The van der Waals surface area contributed by atoms with Gasteiger partial charge in [0.05, 0.1) is 17.4 Å². The second kappa shape index (κ2) is 5.61. The van der Waals surface area contributed by atoms with Crippen molar-refractivity contribution in [2.45, 2.75) is 26.3 Å². The lowest BCUT2D eigenvalue weighted by atomic mass is 10.1. The van der Waals surface area contributed by atoms with E-state index in [4.69, 9.17) is 11.6 Å². The highest BCUT2D eigenvalue weighted by molar-refractivity contribution is 6.31. The molecule has 1 aromatic heterocycles. The molecule has 0 saturated carbocycles. The van der Waals surface area contributed by atoms with E-state index in [2.05, 4.69) is 17.3 Å². The van der Waals surface area contributed by atoms with Crippen molar-refractivity contribution in [1.82, 2.24) is 9.78 Å². The predicted octanol–water partition coefficient (Wildman–Crippen LogP) is 3.95. The molecule has 102 valence electrons. The molecule has 0 saturated heterocycles. The number of nitrogens with zero attached hydrogens (tertiary/aromatic N) is 2. The first-order valence-electron chi connectivity index (χ1n) is 6.25. The van der Waals surface area contributed by atoms with Crippen molar-refractivity contribution in [1.29, 1.82) is 0 Å². The van der Waals surface area contributed by atoms with E-state index in [1.807, 2.05) is 20.2 Å². The van der Waals surface area contributed by atoms with Gasteiger partial charge in [-0.15, -0.1) is 0 Å². The first kappa shape index (κ1) is 13.9. The molecule has 1 unspecified atom stereocenters. The van der Waals surface area contributed by atoms with E-state index in [1.54, 1.807) is 10.7 Å². The second-order valence-electron chi connectivity index (χ2n) is 4.55. The minimum atomic E-state index is -0.323. The largest absolute Gasteiger partial charge is 0.376 e. The molecule has 5 heteroatoms. The molecule has 19 heavy (non-hydrogen) atoms. The zero-order valence-electron chi connectivity index (χ0n) is 11.2. The Hall–Kier alpha value is -1.55. The van der Waals surface area contributed by atoms with Gasteiger partial charge in [-0.3, -0.25) is 4.68 Å². The zero-order chi connectivity index (χ0) is 14.0. The fourth-order valence-electron chi connectivity index (χ4n) is 2.08. The molecule has 0 amide bonds.